The molecule has 0 radical (unpaired) electrons. The van der Waals surface area contributed by atoms with Crippen molar-refractivity contribution in [2.24, 2.45) is 0 Å². The predicted molar refractivity (Wildman–Crippen MR) is 60.3 cm³/mol. The van der Waals surface area contributed by atoms with E-state index >= 15 is 0 Å². The van der Waals surface area contributed by atoms with Crippen molar-refractivity contribution >= 4 is 8.80 Å². The second kappa shape index (κ2) is 5.85. The minimum absolute atomic E-state index is 0.202. The number of hydrogen-bond donors (Lipinski definition) is 0. The minimum Gasteiger partial charge on any atom is -0.377 e. The van der Waals surface area contributed by atoms with Crippen molar-refractivity contribution in [3.63, 3.8) is 0 Å². The molecular weight excluding hydrogens is 196 g/mol. The Morgan fingerprint density at radius 2 is 1.57 bits per heavy atom. The topological polar surface area (TPSA) is 27.7 Å². The van der Waals surface area contributed by atoms with Crippen molar-refractivity contribution < 1.29 is 13.3 Å². The Labute approximate surface area is 89.1 Å². The van der Waals surface area contributed by atoms with Crippen LogP contribution in [0.5, 0.6) is 0 Å². The Morgan fingerprint density at radius 1 is 1.07 bits per heavy atom. The molecule has 86 valence electrons. The van der Waals surface area contributed by atoms with Crippen LogP contribution in [0.3, 0.4) is 0 Å². The molecule has 0 bridgehead atoms. The van der Waals surface area contributed by atoms with Gasteiger partial charge in [0.25, 0.3) is 0 Å². The van der Waals surface area contributed by atoms with Crippen molar-refractivity contribution in [1.29, 1.82) is 0 Å². The Morgan fingerprint density at radius 3 is 1.86 bits per heavy atom. The molecule has 0 aromatic rings. The monoisotopic (exact) mass is 220 g/mol. The maximum Gasteiger partial charge on any atom is 0.500 e. The maximum absolute atomic E-state index is 5.92. The Kier molecular flexibility index (Phi) is 5.89. The van der Waals surface area contributed by atoms with E-state index in [1.165, 1.54) is 0 Å². The molecule has 0 aliphatic carbocycles. The summed E-state index contributed by atoms with van der Waals surface area (Å²) in [7, 11) is 0.956. The summed E-state index contributed by atoms with van der Waals surface area (Å²) >= 11 is 0. The summed E-state index contributed by atoms with van der Waals surface area (Å²) in [6.45, 7) is 8.23. The highest BCUT2D eigenvalue weighted by Crippen LogP contribution is 2.23. The Hall–Kier alpha value is 0.0969. The van der Waals surface area contributed by atoms with E-state index < -0.39 is 8.80 Å². The molecule has 0 saturated carbocycles. The Balaban J connectivity index is 4.36. The zero-order valence-corrected chi connectivity index (χ0v) is 11.3. The normalized spacial score (nSPS) is 13.3. The van der Waals surface area contributed by atoms with E-state index in [9.17, 15) is 0 Å². The summed E-state index contributed by atoms with van der Waals surface area (Å²) in [5.74, 6) is 0. The highest BCUT2D eigenvalue weighted by atomic mass is 28.4. The molecule has 0 heterocycles. The predicted octanol–water partition coefficient (Wildman–Crippen LogP) is 2.83. The van der Waals surface area contributed by atoms with Crippen molar-refractivity contribution in [2.45, 2.75) is 52.2 Å². The highest BCUT2D eigenvalue weighted by molar-refractivity contribution is 6.60. The molecule has 0 N–H and O–H groups in total. The van der Waals surface area contributed by atoms with E-state index in [1.54, 1.807) is 14.2 Å². The van der Waals surface area contributed by atoms with E-state index in [2.05, 4.69) is 6.92 Å². The third kappa shape index (κ3) is 5.10. The van der Waals surface area contributed by atoms with Gasteiger partial charge in [-0.1, -0.05) is 13.3 Å². The van der Waals surface area contributed by atoms with Crippen LogP contribution >= 0.6 is 0 Å². The van der Waals surface area contributed by atoms with Crippen LogP contribution in [0.4, 0.5) is 0 Å². The van der Waals surface area contributed by atoms with Gasteiger partial charge in [0.1, 0.15) is 0 Å². The fourth-order valence-corrected chi connectivity index (χ4v) is 3.84. The van der Waals surface area contributed by atoms with Crippen LogP contribution in [0, 0.1) is 0 Å². The van der Waals surface area contributed by atoms with Crippen LogP contribution in [0.15, 0.2) is 0 Å². The molecule has 0 unspecified atom stereocenters. The number of rotatable bonds is 6. The summed E-state index contributed by atoms with van der Waals surface area (Å²) in [6, 6.07) is 0.897. The van der Waals surface area contributed by atoms with Crippen LogP contribution < -0.4 is 0 Å². The molecule has 14 heavy (non-hydrogen) atoms. The van der Waals surface area contributed by atoms with Gasteiger partial charge in [0.2, 0.25) is 0 Å². The van der Waals surface area contributed by atoms with E-state index in [-0.39, 0.29) is 5.60 Å². The number of hydrogen-bond acceptors (Lipinski definition) is 3. The third-order valence-electron chi connectivity index (χ3n) is 1.92. The van der Waals surface area contributed by atoms with Crippen LogP contribution in [0.2, 0.25) is 6.04 Å². The molecule has 0 aliphatic rings. The smallest absolute Gasteiger partial charge is 0.377 e. The molecule has 0 saturated heterocycles. The highest BCUT2D eigenvalue weighted by Gasteiger charge is 2.41. The number of unbranched alkanes of at least 4 members (excludes halogenated alkanes) is 1. The molecule has 0 fully saturated rings. The first kappa shape index (κ1) is 14.1. The summed E-state index contributed by atoms with van der Waals surface area (Å²) < 4.78 is 16.8. The average Bonchev–Trinajstić information content (AvgIpc) is 2.10. The zero-order chi connectivity index (χ0) is 11.2. The largest absolute Gasteiger partial charge is 0.500 e. The molecule has 0 aromatic carbocycles. The van der Waals surface area contributed by atoms with Gasteiger partial charge in [-0.25, -0.2) is 0 Å². The molecule has 0 aliphatic heterocycles. The summed E-state index contributed by atoms with van der Waals surface area (Å²) in [5, 5.41) is 0. The fourth-order valence-electron chi connectivity index (χ4n) is 1.28. The molecule has 4 heteroatoms. The van der Waals surface area contributed by atoms with Crippen LogP contribution in [0.1, 0.15) is 40.5 Å². The lowest BCUT2D eigenvalue weighted by Crippen LogP contribution is -2.48. The van der Waals surface area contributed by atoms with Gasteiger partial charge in [0, 0.05) is 20.3 Å². The van der Waals surface area contributed by atoms with Gasteiger partial charge >= 0.3 is 8.80 Å². The molecule has 3 nitrogen and oxygen atoms in total. The second-order valence-corrected chi connectivity index (χ2v) is 7.30. The first-order chi connectivity index (χ1) is 6.39. The van der Waals surface area contributed by atoms with Gasteiger partial charge in [-0.15, -0.1) is 0 Å². The lowest BCUT2D eigenvalue weighted by molar-refractivity contribution is 0.0162. The quantitative estimate of drug-likeness (QED) is 0.644. The summed E-state index contributed by atoms with van der Waals surface area (Å²) in [6.07, 6.45) is 2.22. The maximum atomic E-state index is 5.92. The molecular formula is C10H24O3Si. The summed E-state index contributed by atoms with van der Waals surface area (Å²) in [5.41, 5.74) is -0.202. The fraction of sp³-hybridized carbons (Fsp3) is 1.00. The van der Waals surface area contributed by atoms with Crippen molar-refractivity contribution in [1.82, 2.24) is 0 Å². The Bertz CT molecular complexity index is 150. The lowest BCUT2D eigenvalue weighted by Gasteiger charge is -2.33. The van der Waals surface area contributed by atoms with Crippen molar-refractivity contribution in [3.05, 3.63) is 0 Å². The van der Waals surface area contributed by atoms with Gasteiger partial charge < -0.3 is 13.3 Å². The molecule has 0 aromatic heterocycles. The van der Waals surface area contributed by atoms with Crippen LogP contribution in [-0.4, -0.2) is 28.6 Å². The van der Waals surface area contributed by atoms with Crippen molar-refractivity contribution in [2.75, 3.05) is 14.2 Å². The average molecular weight is 220 g/mol. The third-order valence-corrected chi connectivity index (χ3v) is 5.05. The zero-order valence-electron chi connectivity index (χ0n) is 10.3. The van der Waals surface area contributed by atoms with Gasteiger partial charge in [-0.3, -0.25) is 0 Å². The summed E-state index contributed by atoms with van der Waals surface area (Å²) in [4.78, 5) is 0. The lowest BCUT2D eigenvalue weighted by atomic mass is 10.2. The second-order valence-electron chi connectivity index (χ2n) is 4.41. The molecule has 0 rings (SSSR count). The first-order valence-electron chi connectivity index (χ1n) is 5.19. The van der Waals surface area contributed by atoms with E-state index in [0.717, 1.165) is 18.9 Å². The van der Waals surface area contributed by atoms with Crippen molar-refractivity contribution in [3.8, 4) is 0 Å². The van der Waals surface area contributed by atoms with E-state index in [1.807, 2.05) is 20.8 Å². The van der Waals surface area contributed by atoms with Gasteiger partial charge in [0.05, 0.1) is 5.60 Å². The first-order valence-corrected chi connectivity index (χ1v) is 7.13. The SMILES string of the molecule is CCCC[Si](OC)(OC)OC(C)(C)C. The van der Waals surface area contributed by atoms with E-state index in [0.29, 0.717) is 0 Å². The van der Waals surface area contributed by atoms with Crippen LogP contribution in [-0.2, 0) is 13.3 Å². The van der Waals surface area contributed by atoms with Gasteiger partial charge in [-0.2, -0.15) is 0 Å². The molecule has 0 amide bonds. The van der Waals surface area contributed by atoms with Gasteiger partial charge in [-0.05, 0) is 27.2 Å². The van der Waals surface area contributed by atoms with Crippen LogP contribution in [0.25, 0.3) is 0 Å². The van der Waals surface area contributed by atoms with E-state index in [4.69, 9.17) is 13.3 Å². The standard InChI is InChI=1S/C10H24O3Si/c1-7-8-9-14(11-5,12-6)13-10(2,3)4/h7-9H2,1-6H3. The molecule has 0 atom stereocenters. The molecule has 0 spiro atoms. The minimum atomic E-state index is -2.40. The van der Waals surface area contributed by atoms with Gasteiger partial charge in [0.15, 0.2) is 0 Å².